The molecule has 0 unspecified atom stereocenters. The number of hydrogen-bond acceptors (Lipinski definition) is 6. The van der Waals surface area contributed by atoms with E-state index in [0.717, 1.165) is 16.4 Å². The molecule has 0 saturated heterocycles. The van der Waals surface area contributed by atoms with Crippen molar-refractivity contribution in [3.8, 4) is 11.5 Å². The van der Waals surface area contributed by atoms with E-state index in [9.17, 15) is 0 Å². The minimum Gasteiger partial charge on any atom is -0.493 e. The lowest BCUT2D eigenvalue weighted by Crippen LogP contribution is -2.16. The third-order valence-electron chi connectivity index (χ3n) is 2.73. The van der Waals surface area contributed by atoms with Gasteiger partial charge in [-0.25, -0.2) is 4.68 Å². The molecule has 3 rings (SSSR count). The molecule has 19 heavy (non-hydrogen) atoms. The minimum absolute atomic E-state index is 0.697. The molecular weight excluding hydrogens is 264 g/mol. The molecule has 2 heterocycles. The van der Waals surface area contributed by atoms with Crippen molar-refractivity contribution >= 4 is 17.5 Å². The number of aromatic nitrogens is 3. The van der Waals surface area contributed by atoms with Gasteiger partial charge in [-0.3, -0.25) is 5.43 Å². The van der Waals surface area contributed by atoms with Gasteiger partial charge in [0.2, 0.25) is 5.16 Å². The molecule has 0 bridgehead atoms. The Bertz CT molecular complexity index is 638. The molecule has 1 N–H and O–H groups in total. The van der Waals surface area contributed by atoms with E-state index >= 15 is 0 Å². The Labute approximate surface area is 114 Å². The largest absolute Gasteiger partial charge is 0.493 e. The third kappa shape index (κ3) is 2.12. The zero-order chi connectivity index (χ0) is 13.2. The second-order valence-corrected chi connectivity index (χ2v) is 4.65. The second-order valence-electron chi connectivity index (χ2n) is 3.81. The Morgan fingerprint density at radius 3 is 2.84 bits per heavy atom. The first-order valence-electron chi connectivity index (χ1n) is 5.58. The third-order valence-corrected chi connectivity index (χ3v) is 3.58. The van der Waals surface area contributed by atoms with Crippen LogP contribution in [-0.2, 0) is 0 Å². The number of benzene rings is 1. The zero-order valence-corrected chi connectivity index (χ0v) is 11.3. The van der Waals surface area contributed by atoms with Gasteiger partial charge in [0.25, 0.3) is 0 Å². The summed E-state index contributed by atoms with van der Waals surface area (Å²) in [6.45, 7) is 0. The highest BCUT2D eigenvalue weighted by atomic mass is 32.2. The van der Waals surface area contributed by atoms with Crippen LogP contribution >= 0.6 is 11.8 Å². The maximum absolute atomic E-state index is 5.30. The Hall–Kier alpha value is -2.15. The average molecular weight is 276 g/mol. The summed E-state index contributed by atoms with van der Waals surface area (Å²) in [7, 11) is 3.24. The van der Waals surface area contributed by atoms with Crippen LogP contribution < -0.4 is 14.9 Å². The Kier molecular flexibility index (Phi) is 3.04. The summed E-state index contributed by atoms with van der Waals surface area (Å²) in [6.07, 6.45) is 1.64. The molecule has 0 amide bonds. The normalized spacial score (nSPS) is 13.3. The molecule has 7 heteroatoms. The van der Waals surface area contributed by atoms with E-state index in [0.29, 0.717) is 11.5 Å². The lowest BCUT2D eigenvalue weighted by Gasteiger charge is -2.18. The van der Waals surface area contributed by atoms with Crippen molar-refractivity contribution in [3.63, 3.8) is 0 Å². The fraction of sp³-hybridized carbons (Fsp3) is 0.167. The van der Waals surface area contributed by atoms with Gasteiger partial charge in [-0.2, -0.15) is 0 Å². The molecular formula is C12H12N4O2S. The molecule has 2 aromatic rings. The van der Waals surface area contributed by atoms with Crippen molar-refractivity contribution in [1.82, 2.24) is 14.9 Å². The second kappa shape index (κ2) is 4.85. The van der Waals surface area contributed by atoms with E-state index in [4.69, 9.17) is 9.47 Å². The Morgan fingerprint density at radius 2 is 2.05 bits per heavy atom. The van der Waals surface area contributed by atoms with Crippen LogP contribution in [0.5, 0.6) is 11.5 Å². The van der Waals surface area contributed by atoms with Crippen LogP contribution in [0.2, 0.25) is 0 Å². The van der Waals surface area contributed by atoms with Crippen LogP contribution in [0, 0.1) is 0 Å². The molecule has 0 aliphatic carbocycles. The monoisotopic (exact) mass is 276 g/mol. The lowest BCUT2D eigenvalue weighted by molar-refractivity contribution is 0.355. The van der Waals surface area contributed by atoms with Gasteiger partial charge in [0.1, 0.15) is 6.33 Å². The SMILES string of the molecule is COc1ccc(C2=CSc3nncn3N2)cc1OC. The highest BCUT2D eigenvalue weighted by molar-refractivity contribution is 8.02. The van der Waals surface area contributed by atoms with Crippen molar-refractivity contribution in [3.05, 3.63) is 35.5 Å². The van der Waals surface area contributed by atoms with Gasteiger partial charge < -0.3 is 9.47 Å². The first-order chi connectivity index (χ1) is 9.31. The Morgan fingerprint density at radius 1 is 1.21 bits per heavy atom. The summed E-state index contributed by atoms with van der Waals surface area (Å²) < 4.78 is 12.3. The van der Waals surface area contributed by atoms with Crippen LogP contribution in [0.15, 0.2) is 35.1 Å². The average Bonchev–Trinajstić information content (AvgIpc) is 2.93. The van der Waals surface area contributed by atoms with E-state index in [2.05, 4.69) is 15.6 Å². The number of methoxy groups -OCH3 is 2. The summed E-state index contributed by atoms with van der Waals surface area (Å²) in [5.41, 5.74) is 5.18. The predicted octanol–water partition coefficient (Wildman–Crippen LogP) is 1.94. The van der Waals surface area contributed by atoms with Crippen LogP contribution in [0.4, 0.5) is 0 Å². The number of nitrogens with one attached hydrogen (secondary N) is 1. The summed E-state index contributed by atoms with van der Waals surface area (Å²) >= 11 is 1.51. The van der Waals surface area contributed by atoms with E-state index < -0.39 is 0 Å². The quantitative estimate of drug-likeness (QED) is 0.924. The van der Waals surface area contributed by atoms with Gasteiger partial charge >= 0.3 is 0 Å². The first-order valence-corrected chi connectivity index (χ1v) is 6.46. The number of nitrogens with zero attached hydrogens (tertiary/aromatic N) is 3. The van der Waals surface area contributed by atoms with Crippen LogP contribution in [0.3, 0.4) is 0 Å². The maximum Gasteiger partial charge on any atom is 0.214 e. The number of ether oxygens (including phenoxy) is 2. The van der Waals surface area contributed by atoms with Gasteiger partial charge in [-0.05, 0) is 18.2 Å². The van der Waals surface area contributed by atoms with E-state index in [1.807, 2.05) is 23.6 Å². The molecule has 1 aromatic carbocycles. The van der Waals surface area contributed by atoms with Crippen molar-refractivity contribution in [2.24, 2.45) is 0 Å². The van der Waals surface area contributed by atoms with E-state index in [-0.39, 0.29) is 0 Å². The van der Waals surface area contributed by atoms with Crippen LogP contribution in [-0.4, -0.2) is 29.1 Å². The summed E-state index contributed by atoms with van der Waals surface area (Å²) in [4.78, 5) is 0. The van der Waals surface area contributed by atoms with Gasteiger partial charge in [0.05, 0.1) is 19.9 Å². The molecule has 0 fully saturated rings. The van der Waals surface area contributed by atoms with Gasteiger partial charge in [0.15, 0.2) is 11.5 Å². The number of hydrogen-bond donors (Lipinski definition) is 1. The van der Waals surface area contributed by atoms with Crippen molar-refractivity contribution in [2.45, 2.75) is 5.16 Å². The number of fused-ring (bicyclic) bond motifs is 1. The highest BCUT2D eigenvalue weighted by Crippen LogP contribution is 2.33. The lowest BCUT2D eigenvalue weighted by atomic mass is 10.1. The van der Waals surface area contributed by atoms with Gasteiger partial charge in [-0.1, -0.05) is 11.8 Å². The highest BCUT2D eigenvalue weighted by Gasteiger charge is 2.14. The fourth-order valence-corrected chi connectivity index (χ4v) is 2.50. The maximum atomic E-state index is 5.30. The molecule has 1 aromatic heterocycles. The molecule has 0 radical (unpaired) electrons. The predicted molar refractivity (Wildman–Crippen MR) is 72.8 cm³/mol. The first kappa shape index (κ1) is 11.9. The van der Waals surface area contributed by atoms with Crippen molar-refractivity contribution in [1.29, 1.82) is 0 Å². The smallest absolute Gasteiger partial charge is 0.214 e. The standard InChI is InChI=1S/C12H12N4O2S/c1-17-10-4-3-8(5-11(10)18-2)9-6-19-12-14-13-7-16(12)15-9/h3-7,15H,1-2H3. The van der Waals surface area contributed by atoms with Crippen molar-refractivity contribution in [2.75, 3.05) is 19.6 Å². The summed E-state index contributed by atoms with van der Waals surface area (Å²) in [5.74, 6) is 1.41. The van der Waals surface area contributed by atoms with Crippen LogP contribution in [0.25, 0.3) is 5.70 Å². The van der Waals surface area contributed by atoms with E-state index in [1.165, 1.54) is 11.8 Å². The minimum atomic E-state index is 0.697. The van der Waals surface area contributed by atoms with Gasteiger partial charge in [-0.15, -0.1) is 10.2 Å². The molecule has 0 spiro atoms. The molecule has 1 aliphatic heterocycles. The summed E-state index contributed by atoms with van der Waals surface area (Å²) in [6, 6.07) is 5.77. The molecule has 98 valence electrons. The topological polar surface area (TPSA) is 61.2 Å². The molecule has 1 aliphatic rings. The molecule has 6 nitrogen and oxygen atoms in total. The molecule has 0 atom stereocenters. The Balaban J connectivity index is 1.93. The fourth-order valence-electron chi connectivity index (χ4n) is 1.79. The number of rotatable bonds is 3. The van der Waals surface area contributed by atoms with Gasteiger partial charge in [0, 0.05) is 11.0 Å². The van der Waals surface area contributed by atoms with E-state index in [1.54, 1.807) is 25.2 Å². The van der Waals surface area contributed by atoms with Crippen molar-refractivity contribution < 1.29 is 9.47 Å². The van der Waals surface area contributed by atoms with Crippen LogP contribution in [0.1, 0.15) is 5.56 Å². The number of thioether (sulfide) groups is 1. The summed E-state index contributed by atoms with van der Waals surface area (Å²) in [5, 5.41) is 10.6. The zero-order valence-electron chi connectivity index (χ0n) is 10.5. The molecule has 0 saturated carbocycles.